The molecular formula is C24H34N2. The summed E-state index contributed by atoms with van der Waals surface area (Å²) < 4.78 is 0. The van der Waals surface area contributed by atoms with Crippen molar-refractivity contribution in [2.75, 3.05) is 16.8 Å². The van der Waals surface area contributed by atoms with Gasteiger partial charge in [-0.05, 0) is 119 Å². The van der Waals surface area contributed by atoms with Gasteiger partial charge in [0.2, 0.25) is 0 Å². The number of fused-ring (bicyclic) bond motifs is 1. The van der Waals surface area contributed by atoms with Crippen LogP contribution in [0, 0.1) is 62.3 Å². The summed E-state index contributed by atoms with van der Waals surface area (Å²) in [5, 5.41) is 0. The van der Waals surface area contributed by atoms with Gasteiger partial charge < -0.3 is 9.80 Å². The standard InChI is InChI=1S/C24H34N2/c1-12-13(2)17(6)22(18(7)14(12)3)26-21(10)25(11)23-19(8)15(4)16(5)20(9)24(23)26/h21H,1-11H3/t21-/m1/s1. The molecule has 2 heteroatoms. The molecular weight excluding hydrogens is 316 g/mol. The first kappa shape index (κ1) is 18.8. The summed E-state index contributed by atoms with van der Waals surface area (Å²) in [6.45, 7) is 22.8. The van der Waals surface area contributed by atoms with Crippen molar-refractivity contribution in [3.8, 4) is 0 Å². The minimum Gasteiger partial charge on any atom is -0.352 e. The molecule has 1 atom stereocenters. The zero-order chi connectivity index (χ0) is 19.7. The highest BCUT2D eigenvalue weighted by molar-refractivity contribution is 5.91. The Morgan fingerprint density at radius 1 is 0.462 bits per heavy atom. The molecule has 2 aromatic rings. The van der Waals surface area contributed by atoms with Crippen molar-refractivity contribution in [3.63, 3.8) is 0 Å². The minimum absolute atomic E-state index is 0.308. The van der Waals surface area contributed by atoms with Crippen molar-refractivity contribution in [1.82, 2.24) is 0 Å². The molecule has 0 bridgehead atoms. The van der Waals surface area contributed by atoms with Crippen LogP contribution in [0.25, 0.3) is 0 Å². The Morgan fingerprint density at radius 3 is 1.19 bits per heavy atom. The number of nitrogens with zero attached hydrogens (tertiary/aromatic N) is 2. The second kappa shape index (κ2) is 6.04. The number of rotatable bonds is 1. The van der Waals surface area contributed by atoms with Crippen LogP contribution in [0.15, 0.2) is 0 Å². The summed E-state index contributed by atoms with van der Waals surface area (Å²) in [7, 11) is 2.24. The molecule has 0 N–H and O–H groups in total. The molecule has 0 fully saturated rings. The predicted molar refractivity (Wildman–Crippen MR) is 116 cm³/mol. The van der Waals surface area contributed by atoms with Crippen LogP contribution in [-0.2, 0) is 0 Å². The van der Waals surface area contributed by atoms with Gasteiger partial charge >= 0.3 is 0 Å². The van der Waals surface area contributed by atoms with Crippen LogP contribution in [0.4, 0.5) is 17.1 Å². The molecule has 140 valence electrons. The zero-order valence-corrected chi connectivity index (χ0v) is 18.5. The van der Waals surface area contributed by atoms with Gasteiger partial charge in [-0.15, -0.1) is 0 Å². The fraction of sp³-hybridized carbons (Fsp3) is 0.500. The molecule has 2 aromatic carbocycles. The molecule has 0 aromatic heterocycles. The molecule has 1 aliphatic heterocycles. The van der Waals surface area contributed by atoms with Crippen LogP contribution in [-0.4, -0.2) is 13.2 Å². The summed E-state index contributed by atoms with van der Waals surface area (Å²) in [5.41, 5.74) is 17.0. The van der Waals surface area contributed by atoms with E-state index in [1.807, 2.05) is 0 Å². The molecule has 0 saturated carbocycles. The summed E-state index contributed by atoms with van der Waals surface area (Å²) in [6.07, 6.45) is 0.308. The van der Waals surface area contributed by atoms with Gasteiger partial charge in [0.1, 0.15) is 6.17 Å². The summed E-state index contributed by atoms with van der Waals surface area (Å²) in [5.74, 6) is 0. The largest absolute Gasteiger partial charge is 0.352 e. The number of hydrogen-bond acceptors (Lipinski definition) is 2. The average Bonchev–Trinajstić information content (AvgIpc) is 2.87. The number of hydrogen-bond donors (Lipinski definition) is 0. The third-order valence-corrected chi connectivity index (χ3v) is 7.35. The van der Waals surface area contributed by atoms with E-state index in [1.54, 1.807) is 0 Å². The smallest absolute Gasteiger partial charge is 0.103 e. The first-order chi connectivity index (χ1) is 12.0. The fourth-order valence-corrected chi connectivity index (χ4v) is 4.69. The maximum Gasteiger partial charge on any atom is 0.103 e. The van der Waals surface area contributed by atoms with Crippen molar-refractivity contribution in [2.24, 2.45) is 0 Å². The Kier molecular flexibility index (Phi) is 4.37. The molecule has 0 amide bonds. The quantitative estimate of drug-likeness (QED) is 0.587. The Morgan fingerprint density at radius 2 is 0.769 bits per heavy atom. The first-order valence-corrected chi connectivity index (χ1v) is 9.71. The Bertz CT molecular complexity index is 892. The number of benzene rings is 2. The topological polar surface area (TPSA) is 6.48 Å². The number of anilines is 3. The van der Waals surface area contributed by atoms with Crippen molar-refractivity contribution in [2.45, 2.75) is 75.4 Å². The Balaban J connectivity index is 2.42. The van der Waals surface area contributed by atoms with Crippen molar-refractivity contribution in [3.05, 3.63) is 50.1 Å². The van der Waals surface area contributed by atoms with Gasteiger partial charge in [-0.3, -0.25) is 0 Å². The van der Waals surface area contributed by atoms with Crippen LogP contribution in [0.1, 0.15) is 57.0 Å². The molecule has 26 heavy (non-hydrogen) atoms. The lowest BCUT2D eigenvalue weighted by molar-refractivity contribution is 0.728. The molecule has 1 heterocycles. The van der Waals surface area contributed by atoms with E-state index in [2.05, 4.69) is 86.1 Å². The van der Waals surface area contributed by atoms with Crippen molar-refractivity contribution >= 4 is 17.1 Å². The third kappa shape index (κ3) is 2.24. The SMILES string of the molecule is Cc1c(C)c(C)c(N2c3c(C)c(C)c(C)c(C)c3N(C)[C@H]2C)c(C)c1C. The highest BCUT2D eigenvalue weighted by atomic mass is 15.4. The van der Waals surface area contributed by atoms with E-state index >= 15 is 0 Å². The molecule has 0 aliphatic carbocycles. The monoisotopic (exact) mass is 350 g/mol. The van der Waals surface area contributed by atoms with Gasteiger partial charge in [0.05, 0.1) is 11.4 Å². The van der Waals surface area contributed by atoms with E-state index in [0.717, 1.165) is 0 Å². The van der Waals surface area contributed by atoms with Crippen molar-refractivity contribution < 1.29 is 0 Å². The molecule has 3 rings (SSSR count). The lowest BCUT2D eigenvalue weighted by atomic mass is 9.91. The predicted octanol–water partition coefficient (Wildman–Crippen LogP) is 6.40. The molecule has 0 saturated heterocycles. The minimum atomic E-state index is 0.308. The van der Waals surface area contributed by atoms with Gasteiger partial charge in [-0.2, -0.15) is 0 Å². The van der Waals surface area contributed by atoms with E-state index < -0.39 is 0 Å². The average molecular weight is 351 g/mol. The van der Waals surface area contributed by atoms with Crippen LogP contribution >= 0.6 is 0 Å². The lowest BCUT2D eigenvalue weighted by Crippen LogP contribution is -2.36. The van der Waals surface area contributed by atoms with Gasteiger partial charge in [-0.25, -0.2) is 0 Å². The van der Waals surface area contributed by atoms with Gasteiger partial charge in [0, 0.05) is 12.7 Å². The summed E-state index contributed by atoms with van der Waals surface area (Å²) in [4.78, 5) is 5.04. The normalized spacial score (nSPS) is 16.5. The van der Waals surface area contributed by atoms with E-state index in [4.69, 9.17) is 0 Å². The molecule has 0 radical (unpaired) electrons. The highest BCUT2D eigenvalue weighted by Gasteiger charge is 2.37. The fourth-order valence-electron chi connectivity index (χ4n) is 4.69. The van der Waals surface area contributed by atoms with Crippen LogP contribution < -0.4 is 9.80 Å². The van der Waals surface area contributed by atoms with Crippen LogP contribution in [0.3, 0.4) is 0 Å². The van der Waals surface area contributed by atoms with E-state index in [1.165, 1.54) is 67.1 Å². The van der Waals surface area contributed by atoms with Gasteiger partial charge in [0.15, 0.2) is 0 Å². The van der Waals surface area contributed by atoms with Crippen molar-refractivity contribution in [1.29, 1.82) is 0 Å². The first-order valence-electron chi connectivity index (χ1n) is 9.71. The molecule has 1 aliphatic rings. The van der Waals surface area contributed by atoms with Crippen LogP contribution in [0.2, 0.25) is 0 Å². The Labute approximate surface area is 159 Å². The summed E-state index contributed by atoms with van der Waals surface area (Å²) >= 11 is 0. The summed E-state index contributed by atoms with van der Waals surface area (Å²) in [6, 6.07) is 0. The van der Waals surface area contributed by atoms with Crippen LogP contribution in [0.5, 0.6) is 0 Å². The highest BCUT2D eigenvalue weighted by Crippen LogP contribution is 2.51. The van der Waals surface area contributed by atoms with Gasteiger partial charge in [0.25, 0.3) is 0 Å². The molecule has 0 spiro atoms. The zero-order valence-electron chi connectivity index (χ0n) is 18.5. The second-order valence-electron chi connectivity index (χ2n) is 8.28. The van der Waals surface area contributed by atoms with E-state index in [0.29, 0.717) is 6.17 Å². The maximum absolute atomic E-state index is 2.59. The van der Waals surface area contributed by atoms with E-state index in [-0.39, 0.29) is 0 Å². The Hall–Kier alpha value is -1.96. The molecule has 2 nitrogen and oxygen atoms in total. The lowest BCUT2D eigenvalue weighted by Gasteiger charge is -2.33. The van der Waals surface area contributed by atoms with E-state index in [9.17, 15) is 0 Å². The van der Waals surface area contributed by atoms with Gasteiger partial charge in [-0.1, -0.05) is 0 Å². The molecule has 0 unspecified atom stereocenters. The third-order valence-electron chi connectivity index (χ3n) is 7.35. The second-order valence-corrected chi connectivity index (χ2v) is 8.28. The maximum atomic E-state index is 2.59.